The molecule has 1 aromatic heterocycles. The third-order valence-corrected chi connectivity index (χ3v) is 3.67. The minimum Gasteiger partial charge on any atom is -0.481 e. The SMILES string of the molecule is O=C(O)CCn1c(=O)oc2cccc(N3CCNCC3)c21. The number of hydrogen-bond acceptors (Lipinski definition) is 5. The molecule has 0 radical (unpaired) electrons. The number of nitrogens with one attached hydrogen (secondary N) is 1. The number of anilines is 1. The molecule has 7 nitrogen and oxygen atoms in total. The van der Waals surface area contributed by atoms with E-state index >= 15 is 0 Å². The van der Waals surface area contributed by atoms with Gasteiger partial charge in [-0.2, -0.15) is 0 Å². The first kappa shape index (κ1) is 13.7. The maximum absolute atomic E-state index is 12.0. The Balaban J connectivity index is 2.07. The van der Waals surface area contributed by atoms with Crippen molar-refractivity contribution in [2.75, 3.05) is 31.1 Å². The molecular weight excluding hydrogens is 274 g/mol. The lowest BCUT2D eigenvalue weighted by Crippen LogP contribution is -2.43. The van der Waals surface area contributed by atoms with E-state index < -0.39 is 11.7 Å². The van der Waals surface area contributed by atoms with Crippen LogP contribution in [0, 0.1) is 0 Å². The number of fused-ring (bicyclic) bond motifs is 1. The Morgan fingerprint density at radius 3 is 2.81 bits per heavy atom. The minimum absolute atomic E-state index is 0.107. The highest BCUT2D eigenvalue weighted by Crippen LogP contribution is 2.26. The van der Waals surface area contributed by atoms with E-state index in [0.29, 0.717) is 11.1 Å². The molecule has 7 heteroatoms. The zero-order valence-electron chi connectivity index (χ0n) is 11.5. The van der Waals surface area contributed by atoms with E-state index in [4.69, 9.17) is 9.52 Å². The largest absolute Gasteiger partial charge is 0.481 e. The fraction of sp³-hybridized carbons (Fsp3) is 0.429. The minimum atomic E-state index is -0.934. The Labute approximate surface area is 120 Å². The maximum Gasteiger partial charge on any atom is 0.420 e. The number of rotatable bonds is 4. The van der Waals surface area contributed by atoms with Gasteiger partial charge >= 0.3 is 11.7 Å². The van der Waals surface area contributed by atoms with Crippen molar-refractivity contribution in [2.24, 2.45) is 0 Å². The molecule has 1 saturated heterocycles. The number of hydrogen-bond donors (Lipinski definition) is 2. The monoisotopic (exact) mass is 291 g/mol. The van der Waals surface area contributed by atoms with Gasteiger partial charge in [-0.15, -0.1) is 0 Å². The van der Waals surface area contributed by atoms with Crippen molar-refractivity contribution in [3.8, 4) is 0 Å². The topological polar surface area (TPSA) is 87.7 Å². The van der Waals surface area contributed by atoms with Gasteiger partial charge in [0.05, 0.1) is 12.1 Å². The molecule has 1 fully saturated rings. The van der Waals surface area contributed by atoms with E-state index in [1.165, 1.54) is 4.57 Å². The van der Waals surface area contributed by atoms with Crippen molar-refractivity contribution >= 4 is 22.8 Å². The molecule has 2 heterocycles. The van der Waals surface area contributed by atoms with E-state index in [2.05, 4.69) is 10.2 Å². The first-order chi connectivity index (χ1) is 10.2. The molecule has 21 heavy (non-hydrogen) atoms. The van der Waals surface area contributed by atoms with Crippen LogP contribution in [0.1, 0.15) is 6.42 Å². The summed E-state index contributed by atoms with van der Waals surface area (Å²) < 4.78 is 6.65. The number of carboxylic acids is 1. The smallest absolute Gasteiger partial charge is 0.420 e. The molecule has 0 saturated carbocycles. The second-order valence-corrected chi connectivity index (χ2v) is 5.02. The van der Waals surface area contributed by atoms with Crippen LogP contribution in [-0.4, -0.2) is 41.8 Å². The number of nitrogens with zero attached hydrogens (tertiary/aromatic N) is 2. The molecular formula is C14H17N3O4. The normalized spacial score (nSPS) is 15.5. The summed E-state index contributed by atoms with van der Waals surface area (Å²) in [5, 5.41) is 12.1. The Morgan fingerprint density at radius 1 is 1.33 bits per heavy atom. The molecule has 0 bridgehead atoms. The molecule has 3 rings (SSSR count). The summed E-state index contributed by atoms with van der Waals surface area (Å²) in [7, 11) is 0. The van der Waals surface area contributed by atoms with Crippen LogP contribution in [0.2, 0.25) is 0 Å². The number of oxazole rings is 1. The lowest BCUT2D eigenvalue weighted by molar-refractivity contribution is -0.137. The molecule has 112 valence electrons. The van der Waals surface area contributed by atoms with Gasteiger partial charge in [0.1, 0.15) is 5.52 Å². The number of benzene rings is 1. The number of aromatic nitrogens is 1. The highest BCUT2D eigenvalue weighted by Gasteiger charge is 2.19. The molecule has 1 aliphatic rings. The molecule has 2 aromatic rings. The predicted octanol–water partition coefficient (Wildman–Crippen LogP) is 0.479. The number of para-hydroxylation sites is 1. The van der Waals surface area contributed by atoms with Crippen molar-refractivity contribution < 1.29 is 14.3 Å². The van der Waals surface area contributed by atoms with Gasteiger partial charge in [0.25, 0.3) is 0 Å². The summed E-state index contributed by atoms with van der Waals surface area (Å²) in [6.07, 6.45) is -0.107. The van der Waals surface area contributed by atoms with Gasteiger partial charge in [0.15, 0.2) is 5.58 Å². The Bertz CT molecular complexity index is 713. The van der Waals surface area contributed by atoms with E-state index in [1.54, 1.807) is 6.07 Å². The Kier molecular flexibility index (Phi) is 3.66. The van der Waals surface area contributed by atoms with Crippen molar-refractivity contribution in [3.05, 3.63) is 28.7 Å². The summed E-state index contributed by atoms with van der Waals surface area (Å²) in [5.74, 6) is -1.44. The summed E-state index contributed by atoms with van der Waals surface area (Å²) in [6, 6.07) is 5.53. The number of aryl methyl sites for hydroxylation is 1. The number of aliphatic carboxylic acids is 1. The number of piperazine rings is 1. The van der Waals surface area contributed by atoms with Gasteiger partial charge in [-0.05, 0) is 12.1 Å². The summed E-state index contributed by atoms with van der Waals surface area (Å²) in [6.45, 7) is 3.57. The average Bonchev–Trinajstić information content (AvgIpc) is 2.81. The van der Waals surface area contributed by atoms with Crippen molar-refractivity contribution in [1.82, 2.24) is 9.88 Å². The third-order valence-electron chi connectivity index (χ3n) is 3.67. The van der Waals surface area contributed by atoms with Crippen LogP contribution >= 0.6 is 0 Å². The van der Waals surface area contributed by atoms with Gasteiger partial charge in [0, 0.05) is 32.7 Å². The molecule has 2 N–H and O–H groups in total. The molecule has 0 amide bonds. The number of carbonyl (C=O) groups is 1. The van der Waals surface area contributed by atoms with E-state index in [-0.39, 0.29) is 13.0 Å². The Morgan fingerprint density at radius 2 is 2.10 bits per heavy atom. The first-order valence-electron chi connectivity index (χ1n) is 6.96. The van der Waals surface area contributed by atoms with Gasteiger partial charge in [-0.25, -0.2) is 4.79 Å². The van der Waals surface area contributed by atoms with Crippen LogP contribution in [0.5, 0.6) is 0 Å². The molecule has 0 unspecified atom stereocenters. The van der Waals surface area contributed by atoms with Gasteiger partial charge in [0.2, 0.25) is 0 Å². The van der Waals surface area contributed by atoms with E-state index in [9.17, 15) is 9.59 Å². The summed E-state index contributed by atoms with van der Waals surface area (Å²) in [5.41, 5.74) is 2.11. The zero-order valence-corrected chi connectivity index (χ0v) is 11.5. The molecule has 0 atom stereocenters. The third kappa shape index (κ3) is 2.64. The summed E-state index contributed by atoms with van der Waals surface area (Å²) in [4.78, 5) is 24.9. The van der Waals surface area contributed by atoms with Gasteiger partial charge < -0.3 is 19.7 Å². The second-order valence-electron chi connectivity index (χ2n) is 5.02. The molecule has 1 aromatic carbocycles. The van der Waals surface area contributed by atoms with E-state index in [1.807, 2.05) is 12.1 Å². The second kappa shape index (κ2) is 5.61. The first-order valence-corrected chi connectivity index (χ1v) is 6.96. The van der Waals surface area contributed by atoms with Crippen LogP contribution in [0.25, 0.3) is 11.1 Å². The molecule has 0 spiro atoms. The fourth-order valence-corrected chi connectivity index (χ4v) is 2.68. The van der Waals surface area contributed by atoms with E-state index in [0.717, 1.165) is 31.9 Å². The van der Waals surface area contributed by atoms with Gasteiger partial charge in [-0.3, -0.25) is 9.36 Å². The average molecular weight is 291 g/mol. The molecule has 1 aliphatic heterocycles. The lowest BCUT2D eigenvalue weighted by atomic mass is 10.2. The highest BCUT2D eigenvalue weighted by atomic mass is 16.4. The fourth-order valence-electron chi connectivity index (χ4n) is 2.68. The maximum atomic E-state index is 12.0. The summed E-state index contributed by atoms with van der Waals surface area (Å²) >= 11 is 0. The van der Waals surface area contributed by atoms with Crippen LogP contribution < -0.4 is 16.0 Å². The van der Waals surface area contributed by atoms with Crippen LogP contribution in [0.4, 0.5) is 5.69 Å². The van der Waals surface area contributed by atoms with Crippen molar-refractivity contribution in [2.45, 2.75) is 13.0 Å². The molecule has 0 aliphatic carbocycles. The van der Waals surface area contributed by atoms with Crippen LogP contribution in [0.3, 0.4) is 0 Å². The van der Waals surface area contributed by atoms with Crippen LogP contribution in [-0.2, 0) is 11.3 Å². The zero-order chi connectivity index (χ0) is 14.8. The Hall–Kier alpha value is -2.28. The standard InChI is InChI=1S/C14H17N3O4/c18-12(19)4-7-17-13-10(16-8-5-15-6-9-16)2-1-3-11(13)21-14(17)20/h1-3,15H,4-9H2,(H,18,19). The van der Waals surface area contributed by atoms with Crippen molar-refractivity contribution in [1.29, 1.82) is 0 Å². The predicted molar refractivity (Wildman–Crippen MR) is 77.8 cm³/mol. The van der Waals surface area contributed by atoms with Gasteiger partial charge in [-0.1, -0.05) is 6.07 Å². The van der Waals surface area contributed by atoms with Crippen molar-refractivity contribution in [3.63, 3.8) is 0 Å². The lowest BCUT2D eigenvalue weighted by Gasteiger charge is -2.30. The van der Waals surface area contributed by atoms with Crippen LogP contribution in [0.15, 0.2) is 27.4 Å². The quantitative estimate of drug-likeness (QED) is 0.852. The number of carboxylic acid groups (broad SMARTS) is 1. The highest BCUT2D eigenvalue weighted by molar-refractivity contribution is 5.88.